The minimum absolute atomic E-state index is 0.0682. The maximum atomic E-state index is 12.3. The molecule has 1 saturated heterocycles. The summed E-state index contributed by atoms with van der Waals surface area (Å²) in [5.74, 6) is -0.231. The lowest BCUT2D eigenvalue weighted by Crippen LogP contribution is -2.44. The highest BCUT2D eigenvalue weighted by molar-refractivity contribution is 5.86. The summed E-state index contributed by atoms with van der Waals surface area (Å²) in [6.07, 6.45) is 4.06. The Morgan fingerprint density at radius 1 is 1.38 bits per heavy atom. The fraction of sp³-hybridized carbons (Fsp3) is 0.867. The van der Waals surface area contributed by atoms with Crippen molar-refractivity contribution in [2.75, 3.05) is 39.3 Å². The smallest absolute Gasteiger partial charge is 0.226 e. The number of nitrogens with zero attached hydrogens (tertiary/aromatic N) is 1. The first kappa shape index (κ1) is 17.9. The molecule has 2 amide bonds. The normalized spacial score (nSPS) is 18.9. The van der Waals surface area contributed by atoms with Crippen molar-refractivity contribution >= 4 is 11.8 Å². The fourth-order valence-corrected chi connectivity index (χ4v) is 2.62. The van der Waals surface area contributed by atoms with Crippen LogP contribution in [0.2, 0.25) is 0 Å². The number of carbonyl (C=O) groups excluding carboxylic acids is 2. The highest BCUT2D eigenvalue weighted by atomic mass is 16.3. The van der Waals surface area contributed by atoms with Crippen LogP contribution in [0.3, 0.4) is 0 Å². The zero-order valence-corrected chi connectivity index (χ0v) is 13.1. The molecule has 0 aromatic heterocycles. The van der Waals surface area contributed by atoms with Gasteiger partial charge in [0.2, 0.25) is 11.8 Å². The van der Waals surface area contributed by atoms with Crippen LogP contribution in [0.4, 0.5) is 0 Å². The van der Waals surface area contributed by atoms with Gasteiger partial charge in [-0.25, -0.2) is 0 Å². The van der Waals surface area contributed by atoms with Gasteiger partial charge in [-0.2, -0.15) is 0 Å². The topological polar surface area (TPSA) is 81.7 Å². The molecule has 122 valence electrons. The molecule has 6 nitrogen and oxygen atoms in total. The SMILES string of the molecule is CCCNCCCN1CCCC(CC(=O)NCCO)C1=O. The van der Waals surface area contributed by atoms with E-state index in [1.165, 1.54) is 0 Å². The van der Waals surface area contributed by atoms with Crippen molar-refractivity contribution in [1.82, 2.24) is 15.5 Å². The Balaban J connectivity index is 2.29. The van der Waals surface area contributed by atoms with Crippen LogP contribution in [0.15, 0.2) is 0 Å². The van der Waals surface area contributed by atoms with Crippen LogP contribution in [0, 0.1) is 5.92 Å². The molecule has 3 N–H and O–H groups in total. The third kappa shape index (κ3) is 6.91. The molecular formula is C15H29N3O3. The third-order valence-corrected chi connectivity index (χ3v) is 3.72. The maximum Gasteiger partial charge on any atom is 0.226 e. The van der Waals surface area contributed by atoms with Crippen LogP contribution >= 0.6 is 0 Å². The molecule has 21 heavy (non-hydrogen) atoms. The Labute approximate surface area is 127 Å². The Hall–Kier alpha value is -1.14. The van der Waals surface area contributed by atoms with Gasteiger partial charge in [-0.1, -0.05) is 6.92 Å². The summed E-state index contributed by atoms with van der Waals surface area (Å²) in [6, 6.07) is 0. The van der Waals surface area contributed by atoms with Crippen LogP contribution in [-0.4, -0.2) is 61.2 Å². The summed E-state index contributed by atoms with van der Waals surface area (Å²) in [4.78, 5) is 25.9. The molecule has 6 heteroatoms. The lowest BCUT2D eigenvalue weighted by atomic mass is 9.93. The number of likely N-dealkylation sites (tertiary alicyclic amines) is 1. The molecule has 1 fully saturated rings. The first-order valence-electron chi connectivity index (χ1n) is 8.06. The van der Waals surface area contributed by atoms with E-state index in [0.29, 0.717) is 0 Å². The van der Waals surface area contributed by atoms with E-state index < -0.39 is 0 Å². The van der Waals surface area contributed by atoms with Gasteiger partial charge in [0.1, 0.15) is 0 Å². The molecule has 1 aliphatic rings. The molecule has 1 heterocycles. The van der Waals surface area contributed by atoms with Gasteiger partial charge in [-0.05, 0) is 38.8 Å². The van der Waals surface area contributed by atoms with Gasteiger partial charge in [-0.15, -0.1) is 0 Å². The van der Waals surface area contributed by atoms with Gasteiger partial charge < -0.3 is 20.6 Å². The Bertz CT molecular complexity index is 323. The first-order chi connectivity index (χ1) is 10.2. The van der Waals surface area contributed by atoms with Crippen LogP contribution < -0.4 is 10.6 Å². The average molecular weight is 299 g/mol. The molecule has 1 atom stereocenters. The second-order valence-electron chi connectivity index (χ2n) is 5.55. The van der Waals surface area contributed by atoms with Crippen molar-refractivity contribution in [1.29, 1.82) is 0 Å². The standard InChI is InChI=1S/C15H29N3O3/c1-2-6-16-7-4-10-18-9-3-5-13(15(18)21)12-14(20)17-8-11-19/h13,16,19H,2-12H2,1H3,(H,17,20). The highest BCUT2D eigenvalue weighted by Gasteiger charge is 2.29. The number of rotatable bonds is 10. The van der Waals surface area contributed by atoms with E-state index in [1.54, 1.807) is 0 Å². The number of nitrogens with one attached hydrogen (secondary N) is 2. The van der Waals surface area contributed by atoms with E-state index in [4.69, 9.17) is 5.11 Å². The van der Waals surface area contributed by atoms with E-state index in [0.717, 1.165) is 51.9 Å². The van der Waals surface area contributed by atoms with E-state index >= 15 is 0 Å². The zero-order chi connectivity index (χ0) is 15.5. The molecule has 1 aliphatic heterocycles. The van der Waals surface area contributed by atoms with Crippen LogP contribution in [-0.2, 0) is 9.59 Å². The van der Waals surface area contributed by atoms with E-state index in [9.17, 15) is 9.59 Å². The number of carbonyl (C=O) groups is 2. The summed E-state index contributed by atoms with van der Waals surface area (Å²) in [6.45, 7) is 5.84. The lowest BCUT2D eigenvalue weighted by molar-refractivity contribution is -0.141. The van der Waals surface area contributed by atoms with Gasteiger partial charge in [0.15, 0.2) is 0 Å². The van der Waals surface area contributed by atoms with Crippen molar-refractivity contribution in [3.63, 3.8) is 0 Å². The predicted molar refractivity (Wildman–Crippen MR) is 81.8 cm³/mol. The van der Waals surface area contributed by atoms with Crippen LogP contribution in [0.25, 0.3) is 0 Å². The second-order valence-corrected chi connectivity index (χ2v) is 5.55. The first-order valence-corrected chi connectivity index (χ1v) is 8.06. The van der Waals surface area contributed by atoms with Gasteiger partial charge >= 0.3 is 0 Å². The number of hydrogen-bond donors (Lipinski definition) is 3. The maximum absolute atomic E-state index is 12.3. The number of aliphatic hydroxyl groups is 1. The largest absolute Gasteiger partial charge is 0.395 e. The molecular weight excluding hydrogens is 270 g/mol. The highest BCUT2D eigenvalue weighted by Crippen LogP contribution is 2.21. The average Bonchev–Trinajstić information content (AvgIpc) is 2.48. The van der Waals surface area contributed by atoms with E-state index in [-0.39, 0.29) is 37.3 Å². The summed E-state index contributed by atoms with van der Waals surface area (Å²) >= 11 is 0. The molecule has 0 aliphatic carbocycles. The Morgan fingerprint density at radius 3 is 2.90 bits per heavy atom. The Morgan fingerprint density at radius 2 is 2.19 bits per heavy atom. The van der Waals surface area contributed by atoms with Crippen LogP contribution in [0.1, 0.15) is 39.0 Å². The molecule has 0 aromatic carbocycles. The monoisotopic (exact) mass is 299 g/mol. The molecule has 1 rings (SSSR count). The van der Waals surface area contributed by atoms with Gasteiger partial charge in [-0.3, -0.25) is 9.59 Å². The quantitative estimate of drug-likeness (QED) is 0.500. The van der Waals surface area contributed by atoms with Gasteiger partial charge in [0.25, 0.3) is 0 Å². The Kier molecular flexibility index (Phi) is 9.01. The fourth-order valence-electron chi connectivity index (χ4n) is 2.62. The second kappa shape index (κ2) is 10.6. The van der Waals surface area contributed by atoms with Crippen molar-refractivity contribution in [3.05, 3.63) is 0 Å². The van der Waals surface area contributed by atoms with E-state index in [1.807, 2.05) is 4.90 Å². The number of piperidine rings is 1. The van der Waals surface area contributed by atoms with Crippen molar-refractivity contribution in [2.24, 2.45) is 5.92 Å². The summed E-state index contributed by atoms with van der Waals surface area (Å²) < 4.78 is 0. The third-order valence-electron chi connectivity index (χ3n) is 3.72. The number of amides is 2. The summed E-state index contributed by atoms with van der Waals surface area (Å²) in [5, 5.41) is 14.6. The summed E-state index contributed by atoms with van der Waals surface area (Å²) in [5.41, 5.74) is 0. The molecule has 0 bridgehead atoms. The molecule has 1 unspecified atom stereocenters. The number of aliphatic hydroxyl groups excluding tert-OH is 1. The lowest BCUT2D eigenvalue weighted by Gasteiger charge is -2.32. The van der Waals surface area contributed by atoms with Crippen molar-refractivity contribution in [3.8, 4) is 0 Å². The summed E-state index contributed by atoms with van der Waals surface area (Å²) in [7, 11) is 0. The predicted octanol–water partition coefficient (Wildman–Crippen LogP) is 0.113. The van der Waals surface area contributed by atoms with Crippen molar-refractivity contribution in [2.45, 2.75) is 39.0 Å². The number of hydrogen-bond acceptors (Lipinski definition) is 4. The van der Waals surface area contributed by atoms with Gasteiger partial charge in [0, 0.05) is 32.0 Å². The zero-order valence-electron chi connectivity index (χ0n) is 13.1. The molecule has 0 saturated carbocycles. The van der Waals surface area contributed by atoms with Crippen molar-refractivity contribution < 1.29 is 14.7 Å². The minimum atomic E-state index is -0.193. The minimum Gasteiger partial charge on any atom is -0.395 e. The molecule has 0 aromatic rings. The van der Waals surface area contributed by atoms with Crippen LogP contribution in [0.5, 0.6) is 0 Å². The molecule has 0 radical (unpaired) electrons. The molecule has 0 spiro atoms. The van der Waals surface area contributed by atoms with E-state index in [2.05, 4.69) is 17.6 Å². The van der Waals surface area contributed by atoms with Gasteiger partial charge in [0.05, 0.1) is 6.61 Å².